The van der Waals surface area contributed by atoms with Gasteiger partial charge in [0.25, 0.3) is 0 Å². The minimum Gasteiger partial charge on any atom is -0.343 e. The van der Waals surface area contributed by atoms with Crippen LogP contribution in [0.15, 0.2) is 64.4 Å². The molecular formula is C14H15OS. The first-order valence-electron chi connectivity index (χ1n) is 5.08. The predicted molar refractivity (Wildman–Crippen MR) is 70.0 cm³/mol. The molecular weight excluding hydrogens is 216 g/mol. The van der Waals surface area contributed by atoms with Crippen LogP contribution >= 0.6 is 10.3 Å². The molecule has 1 N–H and O–H groups in total. The monoisotopic (exact) mass is 231 g/mol. The minimum atomic E-state index is -1.88. The Morgan fingerprint density at radius 2 is 1.38 bits per heavy atom. The molecule has 2 aromatic carbocycles. The van der Waals surface area contributed by atoms with E-state index in [9.17, 15) is 4.55 Å². The predicted octanol–water partition coefficient (Wildman–Crippen LogP) is 4.19. The molecule has 1 radical (unpaired) electrons. The van der Waals surface area contributed by atoms with E-state index in [0.29, 0.717) is 0 Å². The highest BCUT2D eigenvalue weighted by Gasteiger charge is 2.18. The largest absolute Gasteiger partial charge is 0.343 e. The zero-order valence-electron chi connectivity index (χ0n) is 9.26. The number of hydrogen-bond acceptors (Lipinski definition) is 1. The Bertz CT molecular complexity index is 460. The first-order valence-corrected chi connectivity index (χ1v) is 7.08. The Hall–Kier alpha value is -1.25. The Labute approximate surface area is 98.3 Å². The van der Waals surface area contributed by atoms with Crippen LogP contribution in [0.5, 0.6) is 0 Å². The molecule has 0 saturated heterocycles. The van der Waals surface area contributed by atoms with Gasteiger partial charge in [0.1, 0.15) is 0 Å². The highest BCUT2D eigenvalue weighted by molar-refractivity contribution is 8.28. The fraction of sp³-hybridized carbons (Fsp3) is 0.0714. The van der Waals surface area contributed by atoms with E-state index in [1.807, 2.05) is 60.9 Å². The third kappa shape index (κ3) is 2.13. The molecule has 0 aromatic heterocycles. The summed E-state index contributed by atoms with van der Waals surface area (Å²) < 4.78 is 10.6. The fourth-order valence-electron chi connectivity index (χ4n) is 1.58. The highest BCUT2D eigenvalue weighted by Crippen LogP contribution is 2.55. The van der Waals surface area contributed by atoms with E-state index in [0.717, 1.165) is 15.4 Å². The molecule has 1 nitrogen and oxygen atoms in total. The van der Waals surface area contributed by atoms with Crippen LogP contribution in [0, 0.1) is 6.92 Å². The van der Waals surface area contributed by atoms with E-state index in [2.05, 4.69) is 6.92 Å². The van der Waals surface area contributed by atoms with Gasteiger partial charge in [-0.1, -0.05) is 40.6 Å². The van der Waals surface area contributed by atoms with Crippen molar-refractivity contribution in [3.8, 4) is 0 Å². The lowest BCUT2D eigenvalue weighted by Crippen LogP contribution is -1.98. The van der Waals surface area contributed by atoms with Gasteiger partial charge in [0.2, 0.25) is 0 Å². The van der Waals surface area contributed by atoms with E-state index < -0.39 is 10.3 Å². The molecule has 1 unspecified atom stereocenters. The van der Waals surface area contributed by atoms with Gasteiger partial charge in [-0.2, -0.15) is 0 Å². The molecule has 0 amide bonds. The van der Waals surface area contributed by atoms with E-state index in [4.69, 9.17) is 0 Å². The highest BCUT2D eigenvalue weighted by atomic mass is 32.3. The second kappa shape index (κ2) is 4.32. The van der Waals surface area contributed by atoms with Gasteiger partial charge in [0, 0.05) is 9.79 Å². The smallest absolute Gasteiger partial charge is 0.0166 e. The van der Waals surface area contributed by atoms with E-state index in [1.54, 1.807) is 0 Å². The third-order valence-corrected chi connectivity index (χ3v) is 4.96. The van der Waals surface area contributed by atoms with Gasteiger partial charge in [-0.3, -0.25) is 0 Å². The first kappa shape index (κ1) is 11.2. The lowest BCUT2D eigenvalue weighted by Gasteiger charge is -2.30. The van der Waals surface area contributed by atoms with Crippen molar-refractivity contribution >= 4 is 10.3 Å². The van der Waals surface area contributed by atoms with E-state index in [1.165, 1.54) is 0 Å². The average Bonchev–Trinajstić information content (AvgIpc) is 2.31. The van der Waals surface area contributed by atoms with Crippen LogP contribution in [-0.2, 0) is 0 Å². The zero-order chi connectivity index (χ0) is 11.6. The quantitative estimate of drug-likeness (QED) is 0.821. The van der Waals surface area contributed by atoms with Crippen LogP contribution in [0.3, 0.4) is 0 Å². The topological polar surface area (TPSA) is 20.2 Å². The van der Waals surface area contributed by atoms with Crippen molar-refractivity contribution in [3.05, 3.63) is 67.1 Å². The van der Waals surface area contributed by atoms with Crippen molar-refractivity contribution in [2.75, 3.05) is 6.26 Å². The summed E-state index contributed by atoms with van der Waals surface area (Å²) in [5, 5.41) is 0. The second-order valence-corrected chi connectivity index (χ2v) is 6.53. The van der Waals surface area contributed by atoms with Crippen molar-refractivity contribution in [1.82, 2.24) is 0 Å². The Balaban J connectivity index is 2.43. The molecule has 16 heavy (non-hydrogen) atoms. The molecule has 2 rings (SSSR count). The SMILES string of the molecule is [CH2]c1ccc(S(C)(O)c2ccccc2)cc1. The van der Waals surface area contributed by atoms with Crippen LogP contribution < -0.4 is 0 Å². The van der Waals surface area contributed by atoms with Gasteiger partial charge in [-0.15, -0.1) is 0 Å². The fourth-order valence-corrected chi connectivity index (χ4v) is 3.20. The maximum absolute atomic E-state index is 10.6. The Morgan fingerprint density at radius 1 is 0.875 bits per heavy atom. The standard InChI is InChI=1S/C14H15OS/c1-12-8-10-14(11-9-12)16(2,15)13-6-4-3-5-7-13/h3-11,15H,1H2,2H3. The van der Waals surface area contributed by atoms with Gasteiger partial charge in [-0.05, 0) is 43.0 Å². The van der Waals surface area contributed by atoms with Gasteiger partial charge in [0.05, 0.1) is 0 Å². The summed E-state index contributed by atoms with van der Waals surface area (Å²) in [7, 11) is -1.88. The maximum Gasteiger partial charge on any atom is 0.0166 e. The molecule has 2 aromatic rings. The van der Waals surface area contributed by atoms with Crippen molar-refractivity contribution in [1.29, 1.82) is 0 Å². The van der Waals surface area contributed by atoms with Gasteiger partial charge in [0.15, 0.2) is 0 Å². The molecule has 0 fully saturated rings. The van der Waals surface area contributed by atoms with Crippen LogP contribution in [0.2, 0.25) is 0 Å². The minimum absolute atomic E-state index is 0.964. The summed E-state index contributed by atoms with van der Waals surface area (Å²) in [5.41, 5.74) is 0.965. The second-order valence-electron chi connectivity index (χ2n) is 3.83. The number of hydrogen-bond donors (Lipinski definition) is 1. The van der Waals surface area contributed by atoms with E-state index >= 15 is 0 Å². The summed E-state index contributed by atoms with van der Waals surface area (Å²) >= 11 is 0. The normalized spacial score (nSPS) is 16.4. The van der Waals surface area contributed by atoms with E-state index in [-0.39, 0.29) is 0 Å². The summed E-state index contributed by atoms with van der Waals surface area (Å²) in [6.07, 6.45) is 1.89. The van der Waals surface area contributed by atoms with Gasteiger partial charge < -0.3 is 4.55 Å². The number of benzene rings is 2. The van der Waals surface area contributed by atoms with Crippen molar-refractivity contribution < 1.29 is 4.55 Å². The molecule has 0 heterocycles. The van der Waals surface area contributed by atoms with Crippen molar-refractivity contribution in [2.45, 2.75) is 9.79 Å². The summed E-state index contributed by atoms with van der Waals surface area (Å²) in [6.45, 7) is 3.84. The van der Waals surface area contributed by atoms with Crippen LogP contribution in [0.4, 0.5) is 0 Å². The van der Waals surface area contributed by atoms with Crippen molar-refractivity contribution in [3.63, 3.8) is 0 Å². The summed E-state index contributed by atoms with van der Waals surface area (Å²) in [5.74, 6) is 0. The van der Waals surface area contributed by atoms with Crippen LogP contribution in [0.1, 0.15) is 5.56 Å². The van der Waals surface area contributed by atoms with Crippen LogP contribution in [-0.4, -0.2) is 10.8 Å². The van der Waals surface area contributed by atoms with Crippen LogP contribution in [0.25, 0.3) is 0 Å². The zero-order valence-corrected chi connectivity index (χ0v) is 10.1. The average molecular weight is 231 g/mol. The maximum atomic E-state index is 10.6. The van der Waals surface area contributed by atoms with Gasteiger partial charge >= 0.3 is 0 Å². The lowest BCUT2D eigenvalue weighted by atomic mass is 10.2. The van der Waals surface area contributed by atoms with Gasteiger partial charge in [-0.25, -0.2) is 0 Å². The molecule has 0 bridgehead atoms. The molecule has 0 aliphatic heterocycles. The third-order valence-electron chi connectivity index (χ3n) is 2.58. The van der Waals surface area contributed by atoms with Crippen molar-refractivity contribution in [2.24, 2.45) is 0 Å². The first-order chi connectivity index (χ1) is 7.60. The molecule has 0 saturated carbocycles. The molecule has 1 atom stereocenters. The molecule has 2 heteroatoms. The molecule has 0 spiro atoms. The number of rotatable bonds is 2. The molecule has 0 aliphatic carbocycles. The summed E-state index contributed by atoms with van der Waals surface area (Å²) in [6, 6.07) is 17.5. The summed E-state index contributed by atoms with van der Waals surface area (Å²) in [4.78, 5) is 1.94. The molecule has 0 aliphatic rings. The Morgan fingerprint density at radius 3 is 1.94 bits per heavy atom. The molecule has 83 valence electrons. The lowest BCUT2D eigenvalue weighted by molar-refractivity contribution is 0.630. The Kier molecular flexibility index (Phi) is 3.03.